The average molecular weight is 353 g/mol. The van der Waals surface area contributed by atoms with E-state index in [0.29, 0.717) is 17.8 Å². The normalized spacial score (nSPS) is 11.2. The quantitative estimate of drug-likeness (QED) is 0.468. The minimum atomic E-state index is 0.605. The van der Waals surface area contributed by atoms with Crippen LogP contribution in [0.5, 0.6) is 0 Å². The molecule has 1 aromatic heterocycles. The molecule has 3 N–H and O–H groups in total. The fraction of sp³-hybridized carbons (Fsp3) is 0.824. The minimum absolute atomic E-state index is 0.605. The predicted molar refractivity (Wildman–Crippen MR) is 107 cm³/mol. The SMILES string of the molecule is CCNc1nc(NCCN(CC)CC)nc(NCCN(CC)CC)n1. The van der Waals surface area contributed by atoms with Gasteiger partial charge in [0.2, 0.25) is 17.8 Å². The molecule has 0 atom stereocenters. The summed E-state index contributed by atoms with van der Waals surface area (Å²) >= 11 is 0. The Labute approximate surface area is 152 Å². The summed E-state index contributed by atoms with van der Waals surface area (Å²) in [6.07, 6.45) is 0. The van der Waals surface area contributed by atoms with Crippen LogP contribution in [0.15, 0.2) is 0 Å². The average Bonchev–Trinajstić information content (AvgIpc) is 2.62. The summed E-state index contributed by atoms with van der Waals surface area (Å²) < 4.78 is 0. The van der Waals surface area contributed by atoms with Crippen molar-refractivity contribution in [2.75, 3.05) is 74.9 Å². The molecule has 0 aliphatic carbocycles. The van der Waals surface area contributed by atoms with Gasteiger partial charge < -0.3 is 25.8 Å². The van der Waals surface area contributed by atoms with Gasteiger partial charge in [-0.25, -0.2) is 0 Å². The molecule has 0 amide bonds. The zero-order valence-electron chi connectivity index (χ0n) is 16.6. The number of nitrogens with one attached hydrogen (secondary N) is 3. The summed E-state index contributed by atoms with van der Waals surface area (Å²) in [5, 5.41) is 9.79. The van der Waals surface area contributed by atoms with E-state index in [1.807, 2.05) is 6.92 Å². The summed E-state index contributed by atoms with van der Waals surface area (Å²) in [7, 11) is 0. The lowest BCUT2D eigenvalue weighted by Crippen LogP contribution is -2.29. The maximum Gasteiger partial charge on any atom is 0.229 e. The molecule has 0 unspecified atom stereocenters. The molecule has 8 nitrogen and oxygen atoms in total. The Kier molecular flexibility index (Phi) is 10.8. The molecule has 0 saturated heterocycles. The van der Waals surface area contributed by atoms with Gasteiger partial charge in [0, 0.05) is 32.7 Å². The van der Waals surface area contributed by atoms with Crippen molar-refractivity contribution in [3.63, 3.8) is 0 Å². The van der Waals surface area contributed by atoms with Crippen LogP contribution in [-0.4, -0.2) is 83.7 Å². The summed E-state index contributed by atoms with van der Waals surface area (Å²) in [6.45, 7) is 19.3. The third kappa shape index (κ3) is 8.31. The van der Waals surface area contributed by atoms with Gasteiger partial charge in [-0.05, 0) is 33.1 Å². The van der Waals surface area contributed by atoms with Gasteiger partial charge in [0.25, 0.3) is 0 Å². The molecule has 0 radical (unpaired) electrons. The Hall–Kier alpha value is -1.67. The first-order valence-electron chi connectivity index (χ1n) is 9.59. The molecule has 0 aromatic carbocycles. The summed E-state index contributed by atoms with van der Waals surface area (Å²) in [5.41, 5.74) is 0. The zero-order valence-corrected chi connectivity index (χ0v) is 16.6. The second-order valence-corrected chi connectivity index (χ2v) is 5.74. The van der Waals surface area contributed by atoms with Crippen LogP contribution >= 0.6 is 0 Å². The van der Waals surface area contributed by atoms with Crippen molar-refractivity contribution >= 4 is 17.8 Å². The van der Waals surface area contributed by atoms with Crippen molar-refractivity contribution in [3.05, 3.63) is 0 Å². The molecule has 0 fully saturated rings. The lowest BCUT2D eigenvalue weighted by atomic mass is 10.4. The van der Waals surface area contributed by atoms with Crippen LogP contribution < -0.4 is 16.0 Å². The molecule has 25 heavy (non-hydrogen) atoms. The summed E-state index contributed by atoms with van der Waals surface area (Å²) in [5.74, 6) is 1.83. The number of anilines is 3. The largest absolute Gasteiger partial charge is 0.354 e. The second-order valence-electron chi connectivity index (χ2n) is 5.74. The van der Waals surface area contributed by atoms with Gasteiger partial charge in [0.05, 0.1) is 0 Å². The molecule has 1 heterocycles. The van der Waals surface area contributed by atoms with E-state index in [2.05, 4.69) is 68.4 Å². The third-order valence-corrected chi connectivity index (χ3v) is 4.18. The maximum absolute atomic E-state index is 4.49. The number of aromatic nitrogens is 3. The molecule has 0 bridgehead atoms. The van der Waals surface area contributed by atoms with Crippen LogP contribution in [0.1, 0.15) is 34.6 Å². The first-order chi connectivity index (χ1) is 12.2. The highest BCUT2D eigenvalue weighted by molar-refractivity contribution is 5.42. The highest BCUT2D eigenvalue weighted by atomic mass is 15.3. The molecule has 1 rings (SSSR count). The zero-order chi connectivity index (χ0) is 18.5. The third-order valence-electron chi connectivity index (χ3n) is 4.18. The van der Waals surface area contributed by atoms with E-state index in [4.69, 9.17) is 0 Å². The van der Waals surface area contributed by atoms with Crippen LogP contribution in [0.2, 0.25) is 0 Å². The molecular formula is C17H36N8. The second kappa shape index (κ2) is 12.7. The predicted octanol–water partition coefficient (Wildman–Crippen LogP) is 1.81. The molecule has 0 aliphatic heterocycles. The molecule has 1 aromatic rings. The van der Waals surface area contributed by atoms with E-state index in [-0.39, 0.29) is 0 Å². The van der Waals surface area contributed by atoms with Crippen molar-refractivity contribution < 1.29 is 0 Å². The molecule has 0 saturated carbocycles. The Morgan fingerprint density at radius 2 is 0.960 bits per heavy atom. The number of nitrogens with zero attached hydrogens (tertiary/aromatic N) is 5. The maximum atomic E-state index is 4.49. The minimum Gasteiger partial charge on any atom is -0.354 e. The van der Waals surface area contributed by atoms with Gasteiger partial charge in [0.1, 0.15) is 0 Å². The fourth-order valence-electron chi connectivity index (χ4n) is 2.50. The topological polar surface area (TPSA) is 81.2 Å². The van der Waals surface area contributed by atoms with Gasteiger partial charge in [0.15, 0.2) is 0 Å². The van der Waals surface area contributed by atoms with Crippen molar-refractivity contribution in [1.29, 1.82) is 0 Å². The van der Waals surface area contributed by atoms with Crippen molar-refractivity contribution in [2.45, 2.75) is 34.6 Å². The van der Waals surface area contributed by atoms with E-state index in [0.717, 1.165) is 58.9 Å². The highest BCUT2D eigenvalue weighted by Gasteiger charge is 2.07. The standard InChI is InChI=1S/C17H36N8/c1-6-18-15-21-16(19-11-13-24(7-2)8-3)23-17(22-15)20-12-14-25(9-4)10-5/h6-14H2,1-5H3,(H3,18,19,20,21,22,23). The molecular weight excluding hydrogens is 316 g/mol. The highest BCUT2D eigenvalue weighted by Crippen LogP contribution is 2.09. The van der Waals surface area contributed by atoms with Crippen LogP contribution in [0, 0.1) is 0 Å². The van der Waals surface area contributed by atoms with Gasteiger partial charge in [-0.15, -0.1) is 0 Å². The molecule has 144 valence electrons. The van der Waals surface area contributed by atoms with E-state index in [1.165, 1.54) is 0 Å². The van der Waals surface area contributed by atoms with Gasteiger partial charge in [-0.3, -0.25) is 0 Å². The van der Waals surface area contributed by atoms with E-state index >= 15 is 0 Å². The Balaban J connectivity index is 2.63. The van der Waals surface area contributed by atoms with E-state index in [9.17, 15) is 0 Å². The molecule has 0 spiro atoms. The van der Waals surface area contributed by atoms with Crippen LogP contribution in [0.3, 0.4) is 0 Å². The number of hydrogen-bond donors (Lipinski definition) is 3. The van der Waals surface area contributed by atoms with Crippen molar-refractivity contribution in [1.82, 2.24) is 24.8 Å². The van der Waals surface area contributed by atoms with Crippen molar-refractivity contribution in [3.8, 4) is 0 Å². The fourth-order valence-corrected chi connectivity index (χ4v) is 2.50. The van der Waals surface area contributed by atoms with E-state index < -0.39 is 0 Å². The molecule has 8 heteroatoms. The Morgan fingerprint density at radius 3 is 1.28 bits per heavy atom. The number of rotatable bonds is 14. The lowest BCUT2D eigenvalue weighted by Gasteiger charge is -2.19. The van der Waals surface area contributed by atoms with Crippen LogP contribution in [0.4, 0.5) is 17.8 Å². The van der Waals surface area contributed by atoms with Gasteiger partial charge in [-0.2, -0.15) is 15.0 Å². The number of likely N-dealkylation sites (N-methyl/N-ethyl adjacent to an activating group) is 2. The summed E-state index contributed by atoms with van der Waals surface area (Å²) in [6, 6.07) is 0. The van der Waals surface area contributed by atoms with Gasteiger partial charge in [-0.1, -0.05) is 27.7 Å². The monoisotopic (exact) mass is 352 g/mol. The van der Waals surface area contributed by atoms with Crippen LogP contribution in [0.25, 0.3) is 0 Å². The first kappa shape index (κ1) is 21.4. The first-order valence-corrected chi connectivity index (χ1v) is 9.59. The number of hydrogen-bond acceptors (Lipinski definition) is 8. The Bertz CT molecular complexity index is 424. The van der Waals surface area contributed by atoms with E-state index in [1.54, 1.807) is 0 Å². The van der Waals surface area contributed by atoms with Gasteiger partial charge >= 0.3 is 0 Å². The smallest absolute Gasteiger partial charge is 0.229 e. The molecule has 0 aliphatic rings. The lowest BCUT2D eigenvalue weighted by molar-refractivity contribution is 0.315. The summed E-state index contributed by atoms with van der Waals surface area (Å²) in [4.78, 5) is 18.1. The van der Waals surface area contributed by atoms with Crippen molar-refractivity contribution in [2.24, 2.45) is 0 Å². The Morgan fingerprint density at radius 1 is 0.600 bits per heavy atom. The van der Waals surface area contributed by atoms with Crippen LogP contribution in [-0.2, 0) is 0 Å².